The fourth-order valence-electron chi connectivity index (χ4n) is 5.34. The SMILES string of the molecule is COC[C@@H](Cc1ccccc1)c1c2c(nc3c(-c4ccc(OC)cc4C)c(C)nn13)C(N)CC2.Cl. The maximum Gasteiger partial charge on any atom is 0.163 e. The zero-order chi connectivity index (χ0) is 23.8. The van der Waals surface area contributed by atoms with Crippen LogP contribution in [0.25, 0.3) is 16.8 Å². The average Bonchev–Trinajstić information content (AvgIpc) is 3.37. The van der Waals surface area contributed by atoms with Crippen molar-refractivity contribution in [2.75, 3.05) is 20.8 Å². The molecule has 0 radical (unpaired) electrons. The van der Waals surface area contributed by atoms with E-state index in [2.05, 4.69) is 60.8 Å². The number of methoxy groups -OCH3 is 2. The number of aromatic nitrogens is 3. The summed E-state index contributed by atoms with van der Waals surface area (Å²) in [6.07, 6.45) is 2.69. The molecule has 2 aromatic heterocycles. The van der Waals surface area contributed by atoms with Gasteiger partial charge in [-0.25, -0.2) is 9.50 Å². The topological polar surface area (TPSA) is 74.7 Å². The number of ether oxygens (including phenoxy) is 2. The fourth-order valence-corrected chi connectivity index (χ4v) is 5.34. The van der Waals surface area contributed by atoms with Gasteiger partial charge in [0.15, 0.2) is 5.65 Å². The van der Waals surface area contributed by atoms with Gasteiger partial charge >= 0.3 is 0 Å². The lowest BCUT2D eigenvalue weighted by atomic mass is 9.92. The largest absolute Gasteiger partial charge is 0.497 e. The van der Waals surface area contributed by atoms with Crippen molar-refractivity contribution < 1.29 is 9.47 Å². The Bertz CT molecular complexity index is 1340. The van der Waals surface area contributed by atoms with E-state index in [0.717, 1.165) is 58.7 Å². The summed E-state index contributed by atoms with van der Waals surface area (Å²) in [6.45, 7) is 4.76. The van der Waals surface area contributed by atoms with E-state index in [0.29, 0.717) is 6.61 Å². The quantitative estimate of drug-likeness (QED) is 0.376. The lowest BCUT2D eigenvalue weighted by Gasteiger charge is -2.21. The highest BCUT2D eigenvalue weighted by Crippen LogP contribution is 2.39. The highest BCUT2D eigenvalue weighted by atomic mass is 35.5. The molecule has 0 amide bonds. The van der Waals surface area contributed by atoms with Crippen LogP contribution in [-0.4, -0.2) is 35.4 Å². The van der Waals surface area contributed by atoms with Crippen LogP contribution in [0.15, 0.2) is 48.5 Å². The van der Waals surface area contributed by atoms with Gasteiger partial charge in [0, 0.05) is 24.6 Å². The van der Waals surface area contributed by atoms with E-state index in [1.165, 1.54) is 16.8 Å². The van der Waals surface area contributed by atoms with Crippen LogP contribution in [0.4, 0.5) is 0 Å². The summed E-state index contributed by atoms with van der Waals surface area (Å²) < 4.78 is 13.2. The predicted octanol–water partition coefficient (Wildman–Crippen LogP) is 5.36. The molecule has 1 unspecified atom stereocenters. The Morgan fingerprint density at radius 1 is 1.11 bits per heavy atom. The number of halogens is 1. The molecule has 2 atom stereocenters. The molecule has 2 N–H and O–H groups in total. The number of nitrogens with zero attached hydrogens (tertiary/aromatic N) is 3. The van der Waals surface area contributed by atoms with E-state index in [-0.39, 0.29) is 24.4 Å². The summed E-state index contributed by atoms with van der Waals surface area (Å²) in [5.74, 6) is 0.982. The van der Waals surface area contributed by atoms with E-state index >= 15 is 0 Å². The van der Waals surface area contributed by atoms with Crippen LogP contribution >= 0.6 is 12.4 Å². The molecule has 0 fully saturated rings. The third-order valence-corrected chi connectivity index (χ3v) is 6.95. The van der Waals surface area contributed by atoms with Gasteiger partial charge in [-0.15, -0.1) is 12.4 Å². The second-order valence-electron chi connectivity index (χ2n) is 9.22. The first-order valence-corrected chi connectivity index (χ1v) is 11.9. The van der Waals surface area contributed by atoms with Crippen molar-refractivity contribution in [3.05, 3.63) is 82.3 Å². The molecule has 4 aromatic rings. The number of rotatable bonds is 7. The molecule has 0 aliphatic heterocycles. The molecule has 6 nitrogen and oxygen atoms in total. The van der Waals surface area contributed by atoms with Crippen LogP contribution in [0.3, 0.4) is 0 Å². The maximum absolute atomic E-state index is 6.56. The number of hydrogen-bond acceptors (Lipinski definition) is 5. The van der Waals surface area contributed by atoms with Gasteiger partial charge in [-0.3, -0.25) is 0 Å². The molecular weight excluding hydrogens is 460 g/mol. The summed E-state index contributed by atoms with van der Waals surface area (Å²) in [4.78, 5) is 5.13. The van der Waals surface area contributed by atoms with E-state index < -0.39 is 0 Å². The minimum absolute atomic E-state index is 0. The number of benzene rings is 2. The Hall–Kier alpha value is -2.93. The Morgan fingerprint density at radius 3 is 2.57 bits per heavy atom. The van der Waals surface area contributed by atoms with Gasteiger partial charge in [-0.2, -0.15) is 5.10 Å². The highest BCUT2D eigenvalue weighted by molar-refractivity contribution is 5.85. The second-order valence-corrected chi connectivity index (χ2v) is 9.22. The van der Waals surface area contributed by atoms with E-state index in [9.17, 15) is 0 Å². The summed E-state index contributed by atoms with van der Waals surface area (Å²) in [5.41, 5.74) is 16.4. The molecule has 1 aliphatic rings. The molecule has 2 heterocycles. The Kier molecular flexibility index (Phi) is 7.45. The Balaban J connectivity index is 0.00000289. The molecule has 0 spiro atoms. The normalized spacial score (nSPS) is 15.6. The number of aryl methyl sites for hydroxylation is 2. The predicted molar refractivity (Wildman–Crippen MR) is 142 cm³/mol. The Morgan fingerprint density at radius 2 is 1.89 bits per heavy atom. The van der Waals surface area contributed by atoms with Gasteiger partial charge in [0.1, 0.15) is 5.75 Å². The van der Waals surface area contributed by atoms with Crippen molar-refractivity contribution in [1.29, 1.82) is 0 Å². The van der Waals surface area contributed by atoms with Crippen molar-refractivity contribution in [2.45, 2.75) is 45.1 Å². The smallest absolute Gasteiger partial charge is 0.163 e. The summed E-state index contributed by atoms with van der Waals surface area (Å²) >= 11 is 0. The van der Waals surface area contributed by atoms with Crippen molar-refractivity contribution in [2.24, 2.45) is 5.73 Å². The van der Waals surface area contributed by atoms with Gasteiger partial charge < -0.3 is 15.2 Å². The van der Waals surface area contributed by atoms with Crippen LogP contribution in [0.5, 0.6) is 5.75 Å². The molecular formula is C28H33ClN4O2. The summed E-state index contributed by atoms with van der Waals surface area (Å²) in [5, 5.41) is 5.05. The third kappa shape index (κ3) is 4.54. The van der Waals surface area contributed by atoms with Gasteiger partial charge in [-0.1, -0.05) is 36.4 Å². The summed E-state index contributed by atoms with van der Waals surface area (Å²) in [7, 11) is 3.46. The third-order valence-electron chi connectivity index (χ3n) is 6.95. The molecule has 0 saturated carbocycles. The van der Waals surface area contributed by atoms with Crippen molar-refractivity contribution in [1.82, 2.24) is 14.6 Å². The van der Waals surface area contributed by atoms with Gasteiger partial charge in [-0.05, 0) is 67.5 Å². The lowest BCUT2D eigenvalue weighted by Crippen LogP contribution is -2.19. The van der Waals surface area contributed by atoms with Crippen molar-refractivity contribution >= 4 is 18.1 Å². The second kappa shape index (κ2) is 10.4. The van der Waals surface area contributed by atoms with Crippen LogP contribution in [0, 0.1) is 13.8 Å². The molecule has 0 saturated heterocycles. The number of hydrogen-bond donors (Lipinski definition) is 1. The molecule has 7 heteroatoms. The first kappa shape index (κ1) is 25.2. The van der Waals surface area contributed by atoms with Crippen LogP contribution in [0.2, 0.25) is 0 Å². The van der Waals surface area contributed by atoms with Gasteiger partial charge in [0.2, 0.25) is 0 Å². The first-order valence-electron chi connectivity index (χ1n) is 11.9. The maximum atomic E-state index is 6.56. The molecule has 35 heavy (non-hydrogen) atoms. The van der Waals surface area contributed by atoms with Crippen LogP contribution in [0.1, 0.15) is 52.2 Å². The van der Waals surface area contributed by atoms with Crippen molar-refractivity contribution in [3.63, 3.8) is 0 Å². The molecule has 1 aliphatic carbocycles. The zero-order valence-corrected chi connectivity index (χ0v) is 21.6. The highest BCUT2D eigenvalue weighted by Gasteiger charge is 2.32. The van der Waals surface area contributed by atoms with E-state index in [1.54, 1.807) is 14.2 Å². The monoisotopic (exact) mass is 492 g/mol. The van der Waals surface area contributed by atoms with E-state index in [1.807, 2.05) is 6.07 Å². The zero-order valence-electron chi connectivity index (χ0n) is 20.7. The molecule has 184 valence electrons. The minimum Gasteiger partial charge on any atom is -0.497 e. The van der Waals surface area contributed by atoms with Gasteiger partial charge in [0.05, 0.1) is 30.8 Å². The average molecular weight is 493 g/mol. The fraction of sp³-hybridized carbons (Fsp3) is 0.357. The number of fused-ring (bicyclic) bond motifs is 2. The van der Waals surface area contributed by atoms with Gasteiger partial charge in [0.25, 0.3) is 0 Å². The van der Waals surface area contributed by atoms with Crippen molar-refractivity contribution in [3.8, 4) is 16.9 Å². The molecule has 0 bridgehead atoms. The summed E-state index contributed by atoms with van der Waals surface area (Å²) in [6, 6.07) is 16.7. The standard InChI is InChI=1S/C28H32N4O2.ClH/c1-17-14-21(34-4)10-11-22(17)25-18(2)31-32-27(23-12-13-24(29)26(23)30-28(25)32)20(16-33-3)15-19-8-6-5-7-9-19;/h5-11,14,20,24H,12-13,15-16,29H2,1-4H3;1H/t20-,24?;/m1./s1. The molecule has 2 aromatic carbocycles. The first-order chi connectivity index (χ1) is 16.5. The Labute approximate surface area is 212 Å². The lowest BCUT2D eigenvalue weighted by molar-refractivity contribution is 0.176. The number of nitrogens with two attached hydrogens (primary N) is 1. The van der Waals surface area contributed by atoms with Crippen LogP contribution in [-0.2, 0) is 17.6 Å². The van der Waals surface area contributed by atoms with E-state index in [4.69, 9.17) is 25.3 Å². The molecule has 5 rings (SSSR count). The van der Waals surface area contributed by atoms with Crippen LogP contribution < -0.4 is 10.5 Å². The minimum atomic E-state index is -0.0568.